The molecule has 0 spiro atoms. The van der Waals surface area contributed by atoms with E-state index >= 15 is 0 Å². The topological polar surface area (TPSA) is 66.0 Å². The molecule has 6 nitrogen and oxygen atoms in total. The summed E-state index contributed by atoms with van der Waals surface area (Å²) in [6.07, 6.45) is 0. The summed E-state index contributed by atoms with van der Waals surface area (Å²) in [5, 5.41) is 0. The van der Waals surface area contributed by atoms with E-state index in [1.54, 1.807) is 60.7 Å². The van der Waals surface area contributed by atoms with Crippen molar-refractivity contribution in [3.8, 4) is 0 Å². The van der Waals surface area contributed by atoms with Crippen LogP contribution >= 0.6 is 143 Å². The molecule has 4 rings (SSSR count). The zero-order chi connectivity index (χ0) is 28.9. The van der Waals surface area contributed by atoms with Crippen molar-refractivity contribution in [2.45, 2.75) is 11.7 Å². The Hall–Kier alpha value is 0.390. The molecule has 0 saturated carbocycles. The molecule has 0 bridgehead atoms. The summed E-state index contributed by atoms with van der Waals surface area (Å²) >= 11 is 31.8. The van der Waals surface area contributed by atoms with Crippen LogP contribution in [0, 0.1) is 0 Å². The first-order chi connectivity index (χ1) is 18.2. The zero-order valence-electron chi connectivity index (χ0n) is 18.9. The third kappa shape index (κ3) is 5.96. The van der Waals surface area contributed by atoms with E-state index in [0.29, 0.717) is 30.1 Å². The number of hydrogen-bond donors (Lipinski definition) is 0. The summed E-state index contributed by atoms with van der Waals surface area (Å²) in [6.45, 7) is 0. The third-order valence-electron chi connectivity index (χ3n) is 5.60. The van der Waals surface area contributed by atoms with Crippen molar-refractivity contribution in [1.29, 1.82) is 0 Å². The summed E-state index contributed by atoms with van der Waals surface area (Å²) < 4.78 is 2.32. The largest absolute Gasteiger partial charge is 0.340 e. The molecule has 1 atom stereocenters. The molecule has 3 aromatic carbocycles. The molecule has 0 amide bonds. The summed E-state index contributed by atoms with van der Waals surface area (Å²) in [5.74, 6) is 0. The van der Waals surface area contributed by atoms with Gasteiger partial charge in [-0.15, -0.1) is 0 Å². The van der Waals surface area contributed by atoms with E-state index in [1.165, 1.54) is 0 Å². The molecule has 0 radical (unpaired) electrons. The first-order valence-electron chi connectivity index (χ1n) is 10.6. The van der Waals surface area contributed by atoms with Gasteiger partial charge < -0.3 is 0 Å². The Kier molecular flexibility index (Phi) is 10.4. The molecular weight excluding hydrogens is 1100 g/mol. The molecule has 1 aromatic heterocycles. The van der Waals surface area contributed by atoms with Gasteiger partial charge in [-0.3, -0.25) is 0 Å². The molecule has 4 aromatic rings. The molecule has 0 aliphatic heterocycles. The van der Waals surface area contributed by atoms with Crippen LogP contribution in [0.15, 0.2) is 99.0 Å². The molecule has 15 heteroatoms. The SMILES string of the molecule is O=c1n(C(Br)c2ccccc2)c(=O)n(C(Br)(Br)c2ccc(Br)c(Br)c2Br)c(=O)n1C(Br)(Br)c1ccccc1Br. The predicted molar refractivity (Wildman–Crippen MR) is 186 cm³/mol. The van der Waals surface area contributed by atoms with Gasteiger partial charge in [-0.1, -0.05) is 86.5 Å². The van der Waals surface area contributed by atoms with Crippen LogP contribution in [-0.4, -0.2) is 13.7 Å². The molecule has 0 saturated heterocycles. The molecule has 0 N–H and O–H groups in total. The number of rotatable bonds is 6. The second-order valence-electron chi connectivity index (χ2n) is 7.92. The van der Waals surface area contributed by atoms with Gasteiger partial charge >= 0.3 is 17.1 Å². The van der Waals surface area contributed by atoms with Crippen LogP contribution in [0.5, 0.6) is 0 Å². The second kappa shape index (κ2) is 12.6. The zero-order valence-corrected chi connectivity index (χ0v) is 33.2. The van der Waals surface area contributed by atoms with Gasteiger partial charge in [0.05, 0.1) is 0 Å². The van der Waals surface area contributed by atoms with E-state index < -0.39 is 28.7 Å². The number of hydrogen-bond acceptors (Lipinski definition) is 3. The number of halogens is 9. The van der Waals surface area contributed by atoms with Gasteiger partial charge in [-0.25, -0.2) is 28.1 Å². The minimum Gasteiger partial charge on any atom is -0.247 e. The molecule has 1 unspecified atom stereocenters. The van der Waals surface area contributed by atoms with Crippen molar-refractivity contribution in [3.63, 3.8) is 0 Å². The van der Waals surface area contributed by atoms with Crippen LogP contribution in [0.4, 0.5) is 0 Å². The van der Waals surface area contributed by atoms with Crippen LogP contribution in [-0.2, 0) is 6.71 Å². The van der Waals surface area contributed by atoms with Gasteiger partial charge in [0.15, 0.2) is 6.71 Å². The minimum absolute atomic E-state index is 0.481. The number of alkyl halides is 5. The lowest BCUT2D eigenvalue weighted by Crippen LogP contribution is -2.61. The summed E-state index contributed by atoms with van der Waals surface area (Å²) in [6, 6.07) is 19.5. The highest BCUT2D eigenvalue weighted by molar-refractivity contribution is 9.25. The molecule has 39 heavy (non-hydrogen) atoms. The van der Waals surface area contributed by atoms with Gasteiger partial charge in [-0.2, -0.15) is 0 Å². The average molecular weight is 1110 g/mol. The Bertz CT molecular complexity index is 1750. The van der Waals surface area contributed by atoms with Gasteiger partial charge in [0.2, 0.25) is 0 Å². The van der Waals surface area contributed by atoms with E-state index in [2.05, 4.69) is 143 Å². The lowest BCUT2D eigenvalue weighted by molar-refractivity contribution is 0.468. The van der Waals surface area contributed by atoms with Gasteiger partial charge in [-0.05, 0) is 129 Å². The quantitative estimate of drug-likeness (QED) is 0.143. The highest BCUT2D eigenvalue weighted by atomic mass is 79.9. The van der Waals surface area contributed by atoms with Crippen molar-refractivity contribution in [1.82, 2.24) is 13.7 Å². The monoisotopic (exact) mass is 1100 g/mol. The maximum atomic E-state index is 14.3. The third-order valence-corrected chi connectivity index (χ3v) is 13.7. The van der Waals surface area contributed by atoms with E-state index in [1.807, 2.05) is 6.07 Å². The minimum atomic E-state index is -1.58. The predicted octanol–water partition coefficient (Wildman–Crippen LogP) is 9.06. The van der Waals surface area contributed by atoms with Crippen molar-refractivity contribution in [3.05, 3.63) is 133 Å². The van der Waals surface area contributed by atoms with Crippen LogP contribution in [0.25, 0.3) is 0 Å². The Morgan fingerprint density at radius 3 is 1.64 bits per heavy atom. The van der Waals surface area contributed by atoms with Gasteiger partial charge in [0, 0.05) is 29.0 Å². The summed E-state index contributed by atoms with van der Waals surface area (Å²) in [4.78, 5) is 41.6. The molecule has 0 fully saturated rings. The van der Waals surface area contributed by atoms with Crippen LogP contribution in [0.2, 0.25) is 0 Å². The summed E-state index contributed by atoms with van der Waals surface area (Å²) in [7, 11) is 0. The Morgan fingerprint density at radius 1 is 0.564 bits per heavy atom. The number of nitrogens with zero attached hydrogens (tertiary/aromatic N) is 3. The maximum Gasteiger partial charge on any atom is 0.340 e. The first-order valence-corrected chi connectivity index (χ1v) is 17.8. The van der Waals surface area contributed by atoms with E-state index in [-0.39, 0.29) is 0 Å². The highest BCUT2D eigenvalue weighted by Crippen LogP contribution is 2.46. The van der Waals surface area contributed by atoms with Crippen LogP contribution in [0.3, 0.4) is 0 Å². The number of benzene rings is 3. The lowest BCUT2D eigenvalue weighted by atomic mass is 10.2. The molecule has 0 aliphatic rings. The van der Waals surface area contributed by atoms with Crippen molar-refractivity contribution in [2.24, 2.45) is 0 Å². The fourth-order valence-electron chi connectivity index (χ4n) is 3.70. The standard InChI is InChI=1S/C24H12Br9N3O3/c25-15-9-5-4-8-13(15)23(30,31)35-20(37)34(19(29)12-6-2-1-3-7-12)21(38)36(22(35)39)24(32,33)14-10-11-16(26)18(28)17(14)27/h1-11,19H. The molecule has 0 aliphatic carbocycles. The summed E-state index contributed by atoms with van der Waals surface area (Å²) in [5.41, 5.74) is -0.994. The molecular formula is C24H12Br9N3O3. The normalized spacial score (nSPS) is 12.9. The van der Waals surface area contributed by atoms with Crippen molar-refractivity contribution >= 4 is 143 Å². The fraction of sp³-hybridized carbons (Fsp3) is 0.125. The average Bonchev–Trinajstić information content (AvgIpc) is 2.87. The fourth-order valence-corrected chi connectivity index (χ4v) is 10.1. The van der Waals surface area contributed by atoms with Gasteiger partial charge in [0.25, 0.3) is 0 Å². The van der Waals surface area contributed by atoms with Crippen LogP contribution in [0.1, 0.15) is 21.6 Å². The molecule has 204 valence electrons. The Morgan fingerprint density at radius 2 is 1.08 bits per heavy atom. The Balaban J connectivity index is 2.16. The van der Waals surface area contributed by atoms with Crippen molar-refractivity contribution in [2.75, 3.05) is 0 Å². The number of aromatic nitrogens is 3. The lowest BCUT2D eigenvalue weighted by Gasteiger charge is -2.30. The van der Waals surface area contributed by atoms with E-state index in [9.17, 15) is 14.4 Å². The van der Waals surface area contributed by atoms with Gasteiger partial charge in [0.1, 0.15) is 4.95 Å². The van der Waals surface area contributed by atoms with Crippen LogP contribution < -0.4 is 17.1 Å². The van der Waals surface area contributed by atoms with Crippen molar-refractivity contribution < 1.29 is 0 Å². The smallest absolute Gasteiger partial charge is 0.247 e. The second-order valence-corrected chi connectivity index (χ2v) is 18.8. The maximum absolute atomic E-state index is 14.3. The Labute approximate surface area is 297 Å². The molecule has 1 heterocycles. The highest BCUT2D eigenvalue weighted by Gasteiger charge is 2.41. The van der Waals surface area contributed by atoms with E-state index in [0.717, 1.165) is 18.2 Å². The first kappa shape index (κ1) is 32.3. The van der Waals surface area contributed by atoms with E-state index in [4.69, 9.17) is 0 Å².